The molecule has 4 rings (SSSR count). The summed E-state index contributed by atoms with van der Waals surface area (Å²) in [5.41, 5.74) is 3.33. The molecule has 0 saturated carbocycles. The molecule has 2 aromatic carbocycles. The first-order valence-electron chi connectivity index (χ1n) is 6.76. The van der Waals surface area contributed by atoms with Crippen molar-refractivity contribution in [1.29, 1.82) is 0 Å². The van der Waals surface area contributed by atoms with E-state index in [1.165, 1.54) is 15.6 Å². The summed E-state index contributed by atoms with van der Waals surface area (Å²) in [5.74, 6) is 0. The van der Waals surface area contributed by atoms with Gasteiger partial charge < -0.3 is 5.32 Å². The van der Waals surface area contributed by atoms with Crippen LogP contribution in [-0.2, 0) is 0 Å². The fourth-order valence-corrected chi connectivity index (χ4v) is 3.40. The molecular weight excluding hydrogens is 278 g/mol. The average molecular weight is 291 g/mol. The van der Waals surface area contributed by atoms with Gasteiger partial charge in [-0.25, -0.2) is 4.98 Å². The van der Waals surface area contributed by atoms with Gasteiger partial charge in [-0.15, -0.1) is 0 Å². The summed E-state index contributed by atoms with van der Waals surface area (Å²) in [6.07, 6.45) is 3.70. The third-order valence-corrected chi connectivity index (χ3v) is 4.40. The first-order valence-corrected chi connectivity index (χ1v) is 7.58. The molecule has 4 aromatic rings. The van der Waals surface area contributed by atoms with Crippen LogP contribution in [-0.4, -0.2) is 9.97 Å². The SMILES string of the molecule is Cc1ccc2nc(Nc3cccc4ccncc34)sc2c1. The minimum atomic E-state index is 0.909. The lowest BCUT2D eigenvalue weighted by molar-refractivity contribution is 1.36. The lowest BCUT2D eigenvalue weighted by atomic mass is 10.1. The van der Waals surface area contributed by atoms with Crippen molar-refractivity contribution >= 4 is 43.1 Å². The van der Waals surface area contributed by atoms with Crippen LogP contribution in [0.2, 0.25) is 0 Å². The van der Waals surface area contributed by atoms with Crippen LogP contribution in [0.4, 0.5) is 10.8 Å². The van der Waals surface area contributed by atoms with Crippen molar-refractivity contribution in [3.63, 3.8) is 0 Å². The largest absolute Gasteiger partial charge is 0.331 e. The molecule has 0 saturated heterocycles. The number of thiazole rings is 1. The van der Waals surface area contributed by atoms with E-state index in [0.29, 0.717) is 0 Å². The van der Waals surface area contributed by atoms with Crippen molar-refractivity contribution in [3.05, 3.63) is 60.4 Å². The van der Waals surface area contributed by atoms with Crippen molar-refractivity contribution < 1.29 is 0 Å². The molecule has 4 heteroatoms. The summed E-state index contributed by atoms with van der Waals surface area (Å²) in [4.78, 5) is 8.86. The molecule has 0 unspecified atom stereocenters. The third kappa shape index (κ3) is 2.23. The van der Waals surface area contributed by atoms with E-state index in [0.717, 1.165) is 21.7 Å². The zero-order valence-electron chi connectivity index (χ0n) is 11.5. The van der Waals surface area contributed by atoms with E-state index < -0.39 is 0 Å². The van der Waals surface area contributed by atoms with Crippen LogP contribution in [0.1, 0.15) is 5.56 Å². The molecule has 0 fully saturated rings. The Balaban J connectivity index is 1.79. The number of nitrogens with one attached hydrogen (secondary N) is 1. The average Bonchev–Trinajstić information content (AvgIpc) is 2.89. The van der Waals surface area contributed by atoms with E-state index in [2.05, 4.69) is 52.5 Å². The number of rotatable bonds is 2. The van der Waals surface area contributed by atoms with Gasteiger partial charge in [0.05, 0.1) is 10.2 Å². The van der Waals surface area contributed by atoms with Gasteiger partial charge in [-0.1, -0.05) is 29.5 Å². The number of aromatic nitrogens is 2. The first kappa shape index (κ1) is 12.3. The Labute approximate surface area is 126 Å². The van der Waals surface area contributed by atoms with E-state index >= 15 is 0 Å². The van der Waals surface area contributed by atoms with Gasteiger partial charge in [0.15, 0.2) is 5.13 Å². The van der Waals surface area contributed by atoms with Crippen LogP contribution >= 0.6 is 11.3 Å². The van der Waals surface area contributed by atoms with Crippen LogP contribution in [0.5, 0.6) is 0 Å². The summed E-state index contributed by atoms with van der Waals surface area (Å²) < 4.78 is 1.20. The van der Waals surface area contributed by atoms with Gasteiger partial charge >= 0.3 is 0 Å². The Morgan fingerprint density at radius 3 is 3.00 bits per heavy atom. The number of aryl methyl sites for hydroxylation is 1. The highest BCUT2D eigenvalue weighted by Crippen LogP contribution is 2.31. The van der Waals surface area contributed by atoms with Gasteiger partial charge in [0.2, 0.25) is 0 Å². The van der Waals surface area contributed by atoms with Crippen molar-refractivity contribution in [3.8, 4) is 0 Å². The second-order valence-electron chi connectivity index (χ2n) is 5.02. The third-order valence-electron chi connectivity index (χ3n) is 3.47. The van der Waals surface area contributed by atoms with E-state index in [9.17, 15) is 0 Å². The Hall–Kier alpha value is -2.46. The van der Waals surface area contributed by atoms with Gasteiger partial charge in [0.1, 0.15) is 0 Å². The molecule has 2 heterocycles. The van der Waals surface area contributed by atoms with Crippen LogP contribution in [0.3, 0.4) is 0 Å². The summed E-state index contributed by atoms with van der Waals surface area (Å²) in [7, 11) is 0. The molecule has 0 bridgehead atoms. The van der Waals surface area contributed by atoms with Crippen LogP contribution in [0.15, 0.2) is 54.9 Å². The number of fused-ring (bicyclic) bond motifs is 2. The minimum Gasteiger partial charge on any atom is -0.331 e. The van der Waals surface area contributed by atoms with Crippen molar-refractivity contribution in [2.45, 2.75) is 6.92 Å². The highest BCUT2D eigenvalue weighted by atomic mass is 32.1. The van der Waals surface area contributed by atoms with Gasteiger partial charge in [-0.2, -0.15) is 0 Å². The quantitative estimate of drug-likeness (QED) is 0.571. The Bertz CT molecular complexity index is 938. The predicted octanol–water partition coefficient (Wildman–Crippen LogP) is 4.90. The molecule has 0 radical (unpaired) electrons. The summed E-state index contributed by atoms with van der Waals surface area (Å²) in [5, 5.41) is 6.61. The lowest BCUT2D eigenvalue weighted by Gasteiger charge is -2.06. The van der Waals surface area contributed by atoms with Crippen molar-refractivity contribution in [1.82, 2.24) is 9.97 Å². The minimum absolute atomic E-state index is 0.909. The molecule has 0 atom stereocenters. The second-order valence-corrected chi connectivity index (χ2v) is 6.05. The molecule has 0 aliphatic carbocycles. The van der Waals surface area contributed by atoms with Crippen LogP contribution in [0.25, 0.3) is 21.0 Å². The number of anilines is 2. The van der Waals surface area contributed by atoms with Crippen molar-refractivity contribution in [2.24, 2.45) is 0 Å². The fraction of sp³-hybridized carbons (Fsp3) is 0.0588. The van der Waals surface area contributed by atoms with E-state index in [4.69, 9.17) is 0 Å². The highest BCUT2D eigenvalue weighted by molar-refractivity contribution is 7.22. The number of pyridine rings is 1. The maximum atomic E-state index is 4.64. The van der Waals surface area contributed by atoms with E-state index in [1.807, 2.05) is 24.5 Å². The van der Waals surface area contributed by atoms with Crippen LogP contribution < -0.4 is 5.32 Å². The smallest absolute Gasteiger partial charge is 0.188 e. The van der Waals surface area contributed by atoms with Gasteiger partial charge in [-0.3, -0.25) is 4.98 Å². The monoisotopic (exact) mass is 291 g/mol. The highest BCUT2D eigenvalue weighted by Gasteiger charge is 2.06. The lowest BCUT2D eigenvalue weighted by Crippen LogP contribution is -1.90. The maximum absolute atomic E-state index is 4.64. The van der Waals surface area contributed by atoms with E-state index in [1.54, 1.807) is 11.3 Å². The van der Waals surface area contributed by atoms with Gasteiger partial charge in [0, 0.05) is 23.5 Å². The molecule has 0 amide bonds. The summed E-state index contributed by atoms with van der Waals surface area (Å²) >= 11 is 1.67. The van der Waals surface area contributed by atoms with Gasteiger partial charge in [0.25, 0.3) is 0 Å². The number of hydrogen-bond donors (Lipinski definition) is 1. The molecule has 102 valence electrons. The number of nitrogens with zero attached hydrogens (tertiary/aromatic N) is 2. The standard InChI is InChI=1S/C17H13N3S/c1-11-5-6-15-16(9-11)21-17(20-15)19-14-4-2-3-12-7-8-18-10-13(12)14/h2-10H,1H3,(H,19,20). The molecule has 1 N–H and O–H groups in total. The topological polar surface area (TPSA) is 37.8 Å². The molecule has 2 aromatic heterocycles. The Kier molecular flexibility index (Phi) is 2.82. The zero-order chi connectivity index (χ0) is 14.2. The van der Waals surface area contributed by atoms with Crippen LogP contribution in [0, 0.1) is 6.92 Å². The second kappa shape index (κ2) is 4.82. The molecule has 3 nitrogen and oxygen atoms in total. The molecular formula is C17H13N3S. The Morgan fingerprint density at radius 1 is 1.10 bits per heavy atom. The first-order chi connectivity index (χ1) is 10.3. The number of hydrogen-bond acceptors (Lipinski definition) is 4. The number of benzene rings is 2. The summed E-state index contributed by atoms with van der Waals surface area (Å²) in [6, 6.07) is 14.5. The normalized spacial score (nSPS) is 11.1. The zero-order valence-corrected chi connectivity index (χ0v) is 12.3. The fourth-order valence-electron chi connectivity index (χ4n) is 2.42. The maximum Gasteiger partial charge on any atom is 0.188 e. The van der Waals surface area contributed by atoms with Gasteiger partial charge in [-0.05, 0) is 42.1 Å². The summed E-state index contributed by atoms with van der Waals surface area (Å²) in [6.45, 7) is 2.10. The predicted molar refractivity (Wildman–Crippen MR) is 89.4 cm³/mol. The Morgan fingerprint density at radius 2 is 2.05 bits per heavy atom. The molecule has 0 spiro atoms. The molecule has 21 heavy (non-hydrogen) atoms. The van der Waals surface area contributed by atoms with E-state index in [-0.39, 0.29) is 0 Å². The molecule has 0 aliphatic heterocycles. The molecule has 0 aliphatic rings. The van der Waals surface area contributed by atoms with Crippen molar-refractivity contribution in [2.75, 3.05) is 5.32 Å².